The molecule has 0 amide bonds. The van der Waals surface area contributed by atoms with Crippen LogP contribution in [0.3, 0.4) is 0 Å². The quantitative estimate of drug-likeness (QED) is 0.912. The van der Waals surface area contributed by atoms with Crippen molar-refractivity contribution in [3.05, 3.63) is 29.3 Å². The van der Waals surface area contributed by atoms with Crippen molar-refractivity contribution in [2.75, 3.05) is 18.5 Å². The van der Waals surface area contributed by atoms with E-state index >= 15 is 0 Å². The number of hydrogen-bond acceptors (Lipinski definition) is 6. The van der Waals surface area contributed by atoms with Crippen LogP contribution in [0, 0.1) is 19.8 Å². The van der Waals surface area contributed by atoms with Gasteiger partial charge in [-0.2, -0.15) is 10.2 Å². The molecule has 23 heavy (non-hydrogen) atoms. The van der Waals surface area contributed by atoms with Crippen LogP contribution >= 0.6 is 0 Å². The molecular weight excluding hydrogens is 292 g/mol. The third-order valence-corrected chi connectivity index (χ3v) is 4.40. The fourth-order valence-electron chi connectivity index (χ4n) is 2.98. The third-order valence-electron chi connectivity index (χ3n) is 4.40. The highest BCUT2D eigenvalue weighted by atomic mass is 16.5. The van der Waals surface area contributed by atoms with Crippen LogP contribution in [0.25, 0.3) is 0 Å². The molecule has 124 valence electrons. The third kappa shape index (κ3) is 3.50. The van der Waals surface area contributed by atoms with Crippen LogP contribution in [-0.2, 0) is 11.3 Å². The lowest BCUT2D eigenvalue weighted by Gasteiger charge is -2.32. The Morgan fingerprint density at radius 1 is 1.30 bits per heavy atom. The van der Waals surface area contributed by atoms with Crippen molar-refractivity contribution in [1.82, 2.24) is 25.0 Å². The maximum atomic E-state index is 6.05. The van der Waals surface area contributed by atoms with Gasteiger partial charge in [0.25, 0.3) is 0 Å². The van der Waals surface area contributed by atoms with Gasteiger partial charge in [-0.25, -0.2) is 4.98 Å². The minimum absolute atomic E-state index is 0.0678. The van der Waals surface area contributed by atoms with Gasteiger partial charge in [0.05, 0.1) is 17.1 Å². The fourth-order valence-corrected chi connectivity index (χ4v) is 2.98. The highest BCUT2D eigenvalue weighted by Gasteiger charge is 2.29. The summed E-state index contributed by atoms with van der Waals surface area (Å²) in [5.41, 5.74) is 2.92. The van der Waals surface area contributed by atoms with Crippen molar-refractivity contribution in [3.63, 3.8) is 0 Å². The molecule has 1 aliphatic heterocycles. The van der Waals surface area contributed by atoms with Gasteiger partial charge in [-0.05, 0) is 39.7 Å². The molecule has 7 heteroatoms. The van der Waals surface area contributed by atoms with Crippen molar-refractivity contribution < 1.29 is 4.74 Å². The van der Waals surface area contributed by atoms with Crippen LogP contribution in [0.5, 0.6) is 0 Å². The molecule has 0 radical (unpaired) electrons. The summed E-state index contributed by atoms with van der Waals surface area (Å²) in [7, 11) is 0. The molecule has 1 aliphatic rings. The predicted molar refractivity (Wildman–Crippen MR) is 87.1 cm³/mol. The van der Waals surface area contributed by atoms with Crippen LogP contribution in [0.1, 0.15) is 43.0 Å². The predicted octanol–water partition coefficient (Wildman–Crippen LogP) is 2.28. The van der Waals surface area contributed by atoms with E-state index in [1.165, 1.54) is 0 Å². The van der Waals surface area contributed by atoms with Gasteiger partial charge in [0.15, 0.2) is 0 Å². The Morgan fingerprint density at radius 2 is 2.17 bits per heavy atom. The molecule has 3 heterocycles. The molecule has 1 saturated heterocycles. The Morgan fingerprint density at radius 3 is 2.96 bits per heavy atom. The molecule has 0 spiro atoms. The first-order valence-electron chi connectivity index (χ1n) is 8.24. The molecule has 3 rings (SSSR count). The minimum atomic E-state index is 0.0678. The summed E-state index contributed by atoms with van der Waals surface area (Å²) in [5, 5.41) is 15.9. The van der Waals surface area contributed by atoms with E-state index in [1.807, 2.05) is 24.7 Å². The standard InChI is InChI=1S/C16H24N6O/c1-4-22-14(7-8-18-22)15-13(6-5-9-23-15)10-17-16-19-11(2)12(3)20-21-16/h7-8,13,15H,4-6,9-10H2,1-3H3,(H,17,19,21)/t13-,15+/m0/s1. The molecule has 0 saturated carbocycles. The van der Waals surface area contributed by atoms with E-state index in [0.717, 1.165) is 49.6 Å². The van der Waals surface area contributed by atoms with E-state index in [1.54, 1.807) is 0 Å². The summed E-state index contributed by atoms with van der Waals surface area (Å²) in [6, 6.07) is 2.06. The van der Waals surface area contributed by atoms with Gasteiger partial charge in [-0.1, -0.05) is 0 Å². The first kappa shape index (κ1) is 15.9. The second kappa shape index (κ2) is 7.04. The molecular formula is C16H24N6O. The van der Waals surface area contributed by atoms with Gasteiger partial charge in [0, 0.05) is 31.8 Å². The first-order chi connectivity index (χ1) is 11.2. The first-order valence-corrected chi connectivity index (χ1v) is 8.24. The molecule has 0 bridgehead atoms. The molecule has 2 aromatic rings. The van der Waals surface area contributed by atoms with E-state index in [9.17, 15) is 0 Å². The molecule has 0 unspecified atom stereocenters. The molecule has 2 aromatic heterocycles. The number of aromatic nitrogens is 5. The molecule has 0 aromatic carbocycles. The topological polar surface area (TPSA) is 77.8 Å². The van der Waals surface area contributed by atoms with Crippen LogP contribution in [0.2, 0.25) is 0 Å². The number of nitrogens with zero attached hydrogens (tertiary/aromatic N) is 5. The second-order valence-electron chi connectivity index (χ2n) is 5.95. The highest BCUT2D eigenvalue weighted by molar-refractivity contribution is 5.25. The summed E-state index contributed by atoms with van der Waals surface area (Å²) in [5.74, 6) is 0.956. The van der Waals surface area contributed by atoms with Crippen molar-refractivity contribution >= 4 is 5.95 Å². The Balaban J connectivity index is 1.70. The Kier molecular flexibility index (Phi) is 4.85. The van der Waals surface area contributed by atoms with Crippen molar-refractivity contribution in [2.24, 2.45) is 5.92 Å². The van der Waals surface area contributed by atoms with E-state index in [2.05, 4.69) is 38.6 Å². The molecule has 1 fully saturated rings. The van der Waals surface area contributed by atoms with Crippen molar-refractivity contribution in [1.29, 1.82) is 0 Å². The maximum Gasteiger partial charge on any atom is 0.242 e. The Labute approximate surface area is 136 Å². The average molecular weight is 316 g/mol. The smallest absolute Gasteiger partial charge is 0.242 e. The van der Waals surface area contributed by atoms with E-state index < -0.39 is 0 Å². The minimum Gasteiger partial charge on any atom is -0.372 e. The zero-order chi connectivity index (χ0) is 16.2. The number of anilines is 1. The molecule has 2 atom stereocenters. The van der Waals surface area contributed by atoms with Crippen LogP contribution in [0.15, 0.2) is 12.3 Å². The fraction of sp³-hybridized carbons (Fsp3) is 0.625. The number of rotatable bonds is 5. The monoisotopic (exact) mass is 316 g/mol. The van der Waals surface area contributed by atoms with Gasteiger partial charge in [-0.15, -0.1) is 5.10 Å². The summed E-state index contributed by atoms with van der Waals surface area (Å²) in [4.78, 5) is 4.44. The van der Waals surface area contributed by atoms with Crippen molar-refractivity contribution in [2.45, 2.75) is 46.3 Å². The van der Waals surface area contributed by atoms with Crippen molar-refractivity contribution in [3.8, 4) is 0 Å². The number of nitrogens with one attached hydrogen (secondary N) is 1. The molecule has 1 N–H and O–H groups in total. The second-order valence-corrected chi connectivity index (χ2v) is 5.95. The maximum absolute atomic E-state index is 6.05. The SMILES string of the molecule is CCn1nccc1[C@@H]1OCCC[C@H]1CNc1nnc(C)c(C)n1. The Hall–Kier alpha value is -2.02. The number of aryl methyl sites for hydroxylation is 3. The summed E-state index contributed by atoms with van der Waals surface area (Å²) in [6.07, 6.45) is 4.11. The van der Waals surface area contributed by atoms with E-state index in [4.69, 9.17) is 4.74 Å². The normalized spacial score (nSPS) is 21.3. The van der Waals surface area contributed by atoms with Gasteiger partial charge >= 0.3 is 0 Å². The lowest BCUT2D eigenvalue weighted by molar-refractivity contribution is -0.0288. The highest BCUT2D eigenvalue weighted by Crippen LogP contribution is 2.33. The Bertz CT molecular complexity index is 656. The summed E-state index contributed by atoms with van der Waals surface area (Å²) >= 11 is 0. The lowest BCUT2D eigenvalue weighted by atomic mass is 9.92. The average Bonchev–Trinajstić information content (AvgIpc) is 3.04. The summed E-state index contributed by atoms with van der Waals surface area (Å²) < 4.78 is 8.06. The van der Waals surface area contributed by atoms with Gasteiger partial charge in [0.1, 0.15) is 6.10 Å². The number of hydrogen-bond donors (Lipinski definition) is 1. The van der Waals surface area contributed by atoms with E-state index in [-0.39, 0.29) is 6.10 Å². The van der Waals surface area contributed by atoms with Gasteiger partial charge in [-0.3, -0.25) is 4.68 Å². The zero-order valence-electron chi connectivity index (χ0n) is 14.0. The summed E-state index contributed by atoms with van der Waals surface area (Å²) in [6.45, 7) is 8.38. The van der Waals surface area contributed by atoms with Crippen LogP contribution in [-0.4, -0.2) is 38.1 Å². The zero-order valence-corrected chi connectivity index (χ0v) is 14.0. The number of ether oxygens (including phenoxy) is 1. The molecule has 0 aliphatic carbocycles. The van der Waals surface area contributed by atoms with Gasteiger partial charge in [0.2, 0.25) is 5.95 Å². The largest absolute Gasteiger partial charge is 0.372 e. The van der Waals surface area contributed by atoms with Crippen LogP contribution < -0.4 is 5.32 Å². The van der Waals surface area contributed by atoms with Crippen LogP contribution in [0.4, 0.5) is 5.95 Å². The molecule has 7 nitrogen and oxygen atoms in total. The lowest BCUT2D eigenvalue weighted by Crippen LogP contribution is -2.30. The van der Waals surface area contributed by atoms with E-state index in [0.29, 0.717) is 11.9 Å². The van der Waals surface area contributed by atoms with Gasteiger partial charge < -0.3 is 10.1 Å².